The van der Waals surface area contributed by atoms with E-state index in [2.05, 4.69) is 17.0 Å². The molecule has 3 nitrogen and oxygen atoms in total. The first-order chi connectivity index (χ1) is 7.35. The Morgan fingerprint density at radius 1 is 1.53 bits per heavy atom. The smallest absolute Gasteiger partial charge is 0.121 e. The molecule has 0 spiro atoms. The minimum atomic E-state index is 0.696. The SMILES string of the molecule is COc1ccc2c(c1)N(CCN)CCS2. The van der Waals surface area contributed by atoms with Crippen molar-refractivity contribution in [3.8, 4) is 5.75 Å². The fourth-order valence-electron chi connectivity index (χ4n) is 1.77. The molecule has 0 saturated heterocycles. The molecule has 1 aliphatic heterocycles. The molecule has 1 aromatic rings. The van der Waals surface area contributed by atoms with E-state index in [0.717, 1.165) is 24.6 Å². The summed E-state index contributed by atoms with van der Waals surface area (Å²) in [5.41, 5.74) is 6.87. The van der Waals surface area contributed by atoms with E-state index in [9.17, 15) is 0 Å². The van der Waals surface area contributed by atoms with Gasteiger partial charge in [0.15, 0.2) is 0 Å². The van der Waals surface area contributed by atoms with Crippen LogP contribution in [0.1, 0.15) is 0 Å². The monoisotopic (exact) mass is 224 g/mol. The van der Waals surface area contributed by atoms with Crippen molar-refractivity contribution in [3.05, 3.63) is 18.2 Å². The Balaban J connectivity index is 2.30. The summed E-state index contributed by atoms with van der Waals surface area (Å²) in [5.74, 6) is 2.05. The molecule has 0 fully saturated rings. The summed E-state index contributed by atoms with van der Waals surface area (Å²) in [4.78, 5) is 3.66. The number of methoxy groups -OCH3 is 1. The highest BCUT2D eigenvalue weighted by molar-refractivity contribution is 7.99. The molecule has 2 rings (SSSR count). The maximum atomic E-state index is 5.61. The summed E-state index contributed by atoms with van der Waals surface area (Å²) in [6, 6.07) is 6.23. The van der Waals surface area contributed by atoms with Crippen LogP contribution >= 0.6 is 11.8 Å². The zero-order valence-electron chi connectivity index (χ0n) is 8.90. The number of anilines is 1. The molecule has 82 valence electrons. The van der Waals surface area contributed by atoms with Crippen LogP contribution in [0.4, 0.5) is 5.69 Å². The summed E-state index contributed by atoms with van der Waals surface area (Å²) < 4.78 is 5.24. The van der Waals surface area contributed by atoms with E-state index in [1.165, 1.54) is 10.6 Å². The molecule has 0 radical (unpaired) electrons. The molecule has 2 N–H and O–H groups in total. The highest BCUT2D eigenvalue weighted by atomic mass is 32.2. The lowest BCUT2D eigenvalue weighted by Gasteiger charge is -2.30. The Labute approximate surface area is 94.6 Å². The number of ether oxygens (including phenoxy) is 1. The minimum absolute atomic E-state index is 0.696. The summed E-state index contributed by atoms with van der Waals surface area (Å²) in [6.07, 6.45) is 0. The molecule has 1 heterocycles. The van der Waals surface area contributed by atoms with Crippen LogP contribution in [0.5, 0.6) is 5.75 Å². The van der Waals surface area contributed by atoms with Gasteiger partial charge in [-0.25, -0.2) is 0 Å². The normalized spacial score (nSPS) is 14.9. The van der Waals surface area contributed by atoms with Crippen molar-refractivity contribution >= 4 is 17.4 Å². The Hall–Kier alpha value is -0.870. The zero-order valence-corrected chi connectivity index (χ0v) is 9.72. The van der Waals surface area contributed by atoms with Gasteiger partial charge in [-0.1, -0.05) is 0 Å². The molecule has 1 aromatic carbocycles. The van der Waals surface area contributed by atoms with E-state index in [1.54, 1.807) is 7.11 Å². The van der Waals surface area contributed by atoms with E-state index in [-0.39, 0.29) is 0 Å². The standard InChI is InChI=1S/C11H16N2OS/c1-14-9-2-3-11-10(8-9)13(5-4-12)6-7-15-11/h2-3,8H,4-7,12H2,1H3. The molecule has 0 bridgehead atoms. The molecule has 0 atom stereocenters. The zero-order chi connectivity index (χ0) is 10.7. The van der Waals surface area contributed by atoms with Gasteiger partial charge in [-0.2, -0.15) is 0 Å². The van der Waals surface area contributed by atoms with Gasteiger partial charge in [0.25, 0.3) is 0 Å². The van der Waals surface area contributed by atoms with Crippen LogP contribution in [0.25, 0.3) is 0 Å². The summed E-state index contributed by atoms with van der Waals surface area (Å²) in [6.45, 7) is 2.68. The average molecular weight is 224 g/mol. The molecule has 0 amide bonds. The van der Waals surface area contributed by atoms with Crippen molar-refractivity contribution in [2.75, 3.05) is 37.4 Å². The number of nitrogens with two attached hydrogens (primary N) is 1. The number of nitrogens with zero attached hydrogens (tertiary/aromatic N) is 1. The van der Waals surface area contributed by atoms with Crippen molar-refractivity contribution in [2.24, 2.45) is 5.73 Å². The average Bonchev–Trinajstić information content (AvgIpc) is 2.29. The molecular weight excluding hydrogens is 208 g/mol. The summed E-state index contributed by atoms with van der Waals surface area (Å²) >= 11 is 1.90. The molecular formula is C11H16N2OS. The van der Waals surface area contributed by atoms with Crippen molar-refractivity contribution < 1.29 is 4.74 Å². The number of rotatable bonds is 3. The fourth-order valence-corrected chi connectivity index (χ4v) is 2.80. The fraction of sp³-hybridized carbons (Fsp3) is 0.455. The van der Waals surface area contributed by atoms with Crippen molar-refractivity contribution in [1.82, 2.24) is 0 Å². The Morgan fingerprint density at radius 3 is 3.13 bits per heavy atom. The second-order valence-electron chi connectivity index (χ2n) is 3.46. The number of benzene rings is 1. The molecule has 15 heavy (non-hydrogen) atoms. The minimum Gasteiger partial charge on any atom is -0.497 e. The van der Waals surface area contributed by atoms with E-state index in [0.29, 0.717) is 6.54 Å². The second kappa shape index (κ2) is 4.77. The largest absolute Gasteiger partial charge is 0.497 e. The first-order valence-electron chi connectivity index (χ1n) is 5.11. The maximum Gasteiger partial charge on any atom is 0.121 e. The molecule has 0 aliphatic carbocycles. The molecule has 0 aromatic heterocycles. The van der Waals surface area contributed by atoms with Crippen LogP contribution in [0.15, 0.2) is 23.1 Å². The van der Waals surface area contributed by atoms with E-state index >= 15 is 0 Å². The Kier molecular flexibility index (Phi) is 3.38. The first-order valence-corrected chi connectivity index (χ1v) is 6.09. The lowest BCUT2D eigenvalue weighted by atomic mass is 10.2. The van der Waals surface area contributed by atoms with E-state index in [4.69, 9.17) is 10.5 Å². The maximum absolute atomic E-state index is 5.61. The van der Waals surface area contributed by atoms with Gasteiger partial charge >= 0.3 is 0 Å². The van der Waals surface area contributed by atoms with Crippen LogP contribution in [0, 0.1) is 0 Å². The first kappa shape index (κ1) is 10.6. The van der Waals surface area contributed by atoms with Gasteiger partial charge in [-0.15, -0.1) is 11.8 Å². The highest BCUT2D eigenvalue weighted by Gasteiger charge is 2.17. The number of hydrogen-bond donors (Lipinski definition) is 1. The van der Waals surface area contributed by atoms with Gasteiger partial charge in [-0.05, 0) is 12.1 Å². The molecule has 0 unspecified atom stereocenters. The van der Waals surface area contributed by atoms with Gasteiger partial charge in [0.2, 0.25) is 0 Å². The summed E-state index contributed by atoms with van der Waals surface area (Å²) in [7, 11) is 1.70. The lowest BCUT2D eigenvalue weighted by Crippen LogP contribution is -2.33. The third-order valence-electron chi connectivity index (χ3n) is 2.52. The quantitative estimate of drug-likeness (QED) is 0.845. The van der Waals surface area contributed by atoms with Gasteiger partial charge in [0.1, 0.15) is 5.75 Å². The van der Waals surface area contributed by atoms with Gasteiger partial charge in [-0.3, -0.25) is 0 Å². The van der Waals surface area contributed by atoms with Crippen LogP contribution < -0.4 is 15.4 Å². The van der Waals surface area contributed by atoms with Gasteiger partial charge in [0.05, 0.1) is 12.8 Å². The van der Waals surface area contributed by atoms with Crippen LogP contribution in [0.3, 0.4) is 0 Å². The van der Waals surface area contributed by atoms with Crippen LogP contribution in [-0.4, -0.2) is 32.5 Å². The summed E-state index contributed by atoms with van der Waals surface area (Å²) in [5, 5.41) is 0. The number of hydrogen-bond acceptors (Lipinski definition) is 4. The third-order valence-corrected chi connectivity index (χ3v) is 3.57. The number of thioether (sulfide) groups is 1. The topological polar surface area (TPSA) is 38.5 Å². The predicted molar refractivity (Wildman–Crippen MR) is 65.0 cm³/mol. The van der Waals surface area contributed by atoms with E-state index < -0.39 is 0 Å². The van der Waals surface area contributed by atoms with E-state index in [1.807, 2.05) is 17.8 Å². The molecule has 4 heteroatoms. The van der Waals surface area contributed by atoms with Gasteiger partial charge < -0.3 is 15.4 Å². The van der Waals surface area contributed by atoms with Crippen LogP contribution in [0.2, 0.25) is 0 Å². The molecule has 1 aliphatic rings. The van der Waals surface area contributed by atoms with Crippen LogP contribution in [-0.2, 0) is 0 Å². The number of fused-ring (bicyclic) bond motifs is 1. The van der Waals surface area contributed by atoms with Crippen molar-refractivity contribution in [2.45, 2.75) is 4.90 Å². The van der Waals surface area contributed by atoms with Crippen molar-refractivity contribution in [1.29, 1.82) is 0 Å². The third kappa shape index (κ3) is 2.21. The Bertz CT molecular complexity index is 343. The lowest BCUT2D eigenvalue weighted by molar-refractivity contribution is 0.414. The predicted octanol–water partition coefficient (Wildman–Crippen LogP) is 1.57. The second-order valence-corrected chi connectivity index (χ2v) is 4.59. The molecule has 0 saturated carbocycles. The Morgan fingerprint density at radius 2 is 2.40 bits per heavy atom. The van der Waals surface area contributed by atoms with Gasteiger partial charge in [0, 0.05) is 36.3 Å². The van der Waals surface area contributed by atoms with Crippen molar-refractivity contribution in [3.63, 3.8) is 0 Å². The highest BCUT2D eigenvalue weighted by Crippen LogP contribution is 2.36.